The molecule has 0 saturated heterocycles. The largest absolute Gasteiger partial charge is 0.462 e. The van der Waals surface area contributed by atoms with Gasteiger partial charge in [-0.1, -0.05) is 48.5 Å². The summed E-state index contributed by atoms with van der Waals surface area (Å²) in [6, 6.07) is 14.9. The summed E-state index contributed by atoms with van der Waals surface area (Å²) in [5, 5.41) is 5.08. The number of benzene rings is 2. The minimum absolute atomic E-state index is 0.0346. The molecule has 1 amide bonds. The molecule has 1 heterocycles. The maximum absolute atomic E-state index is 12.7. The Labute approximate surface area is 186 Å². The molecule has 0 atom stereocenters. The topological polar surface area (TPSA) is 72.5 Å². The number of thiophene rings is 1. The molecule has 0 radical (unpaired) electrons. The van der Waals surface area contributed by atoms with Crippen molar-refractivity contribution in [1.29, 1.82) is 0 Å². The predicted octanol–water partition coefficient (Wildman–Crippen LogP) is 5.81. The summed E-state index contributed by atoms with van der Waals surface area (Å²) in [5.74, 6) is -0.890. The highest BCUT2D eigenvalue weighted by Gasteiger charge is 2.23. The van der Waals surface area contributed by atoms with E-state index in [0.29, 0.717) is 16.1 Å². The molecule has 6 heteroatoms. The summed E-state index contributed by atoms with van der Waals surface area (Å²) in [7, 11) is 0. The number of nitrogens with one attached hydrogen (secondary N) is 1. The summed E-state index contributed by atoms with van der Waals surface area (Å²) >= 11 is 1.28. The molecule has 160 valence electrons. The minimum atomic E-state index is -0.479. The van der Waals surface area contributed by atoms with Gasteiger partial charge in [0.1, 0.15) is 10.6 Å². The molecule has 0 aliphatic rings. The van der Waals surface area contributed by atoms with Crippen LogP contribution in [0, 0.1) is 13.8 Å². The molecule has 0 aliphatic carbocycles. The maximum atomic E-state index is 12.7. The monoisotopic (exact) mass is 435 g/mol. The van der Waals surface area contributed by atoms with E-state index in [1.54, 1.807) is 31.2 Å². The van der Waals surface area contributed by atoms with Crippen molar-refractivity contribution in [3.05, 3.63) is 76.2 Å². The molecule has 0 bridgehead atoms. The van der Waals surface area contributed by atoms with E-state index in [4.69, 9.17) is 4.74 Å². The highest BCUT2D eigenvalue weighted by Crippen LogP contribution is 2.37. The number of anilines is 1. The van der Waals surface area contributed by atoms with Gasteiger partial charge in [-0.3, -0.25) is 9.59 Å². The number of hydrogen-bond acceptors (Lipinski definition) is 5. The van der Waals surface area contributed by atoms with Crippen LogP contribution in [0.3, 0.4) is 0 Å². The van der Waals surface area contributed by atoms with E-state index in [9.17, 15) is 14.4 Å². The Balaban J connectivity index is 1.79. The van der Waals surface area contributed by atoms with Gasteiger partial charge >= 0.3 is 5.97 Å². The average Bonchev–Trinajstić information content (AvgIpc) is 3.18. The van der Waals surface area contributed by atoms with E-state index >= 15 is 0 Å². The lowest BCUT2D eigenvalue weighted by molar-refractivity contribution is -0.116. The second-order valence-corrected chi connectivity index (χ2v) is 8.09. The third kappa shape index (κ3) is 5.47. The molecular formula is C25H25NO4S. The SMILES string of the molecule is CCOC(=O)c1c(-c2ccc(C)c(C)c2)csc1NC(=O)CCC(=O)c1ccccc1. The van der Waals surface area contributed by atoms with Crippen molar-refractivity contribution in [2.45, 2.75) is 33.6 Å². The second kappa shape index (κ2) is 10.2. The Bertz CT molecular complexity index is 1100. The molecule has 5 nitrogen and oxygen atoms in total. The number of ketones is 1. The van der Waals surface area contributed by atoms with Gasteiger partial charge < -0.3 is 10.1 Å². The van der Waals surface area contributed by atoms with Gasteiger partial charge in [-0.15, -0.1) is 11.3 Å². The van der Waals surface area contributed by atoms with E-state index in [0.717, 1.165) is 22.3 Å². The fourth-order valence-electron chi connectivity index (χ4n) is 3.16. The molecule has 0 unspecified atom stereocenters. The number of Topliss-reactive ketones (excluding diaryl/α,β-unsaturated/α-hetero) is 1. The minimum Gasteiger partial charge on any atom is -0.462 e. The Kier molecular flexibility index (Phi) is 7.36. The van der Waals surface area contributed by atoms with Gasteiger partial charge in [0.25, 0.3) is 0 Å². The highest BCUT2D eigenvalue weighted by molar-refractivity contribution is 7.15. The van der Waals surface area contributed by atoms with Crippen molar-refractivity contribution in [2.24, 2.45) is 0 Å². The quantitative estimate of drug-likeness (QED) is 0.358. The van der Waals surface area contributed by atoms with Crippen molar-refractivity contribution < 1.29 is 19.1 Å². The first-order valence-corrected chi connectivity index (χ1v) is 11.0. The second-order valence-electron chi connectivity index (χ2n) is 7.21. The van der Waals surface area contributed by atoms with Gasteiger partial charge in [-0.05, 0) is 37.5 Å². The zero-order valence-corrected chi connectivity index (χ0v) is 18.7. The average molecular weight is 436 g/mol. The maximum Gasteiger partial charge on any atom is 0.341 e. The van der Waals surface area contributed by atoms with Crippen molar-refractivity contribution in [3.63, 3.8) is 0 Å². The standard InChI is InChI=1S/C25H25NO4S/c1-4-30-25(29)23-20(19-11-10-16(2)17(3)14-19)15-31-24(23)26-22(28)13-12-21(27)18-8-6-5-7-9-18/h5-11,14-15H,4,12-13H2,1-3H3,(H,26,28). The first-order valence-electron chi connectivity index (χ1n) is 10.1. The molecule has 0 spiro atoms. The summed E-state index contributed by atoms with van der Waals surface area (Å²) in [6.45, 7) is 6.02. The van der Waals surface area contributed by atoms with Crippen molar-refractivity contribution in [1.82, 2.24) is 0 Å². The Morgan fingerprint density at radius 3 is 2.39 bits per heavy atom. The van der Waals surface area contributed by atoms with Crippen molar-refractivity contribution in [2.75, 3.05) is 11.9 Å². The number of amides is 1. The van der Waals surface area contributed by atoms with E-state index in [1.807, 2.05) is 43.5 Å². The number of carbonyl (C=O) groups excluding carboxylic acids is 3. The van der Waals surface area contributed by atoms with Gasteiger partial charge in [-0.2, -0.15) is 0 Å². The van der Waals surface area contributed by atoms with Gasteiger partial charge in [0, 0.05) is 29.3 Å². The molecule has 31 heavy (non-hydrogen) atoms. The van der Waals surface area contributed by atoms with Crippen LogP contribution >= 0.6 is 11.3 Å². The molecule has 1 N–H and O–H groups in total. The molecule has 2 aromatic carbocycles. The van der Waals surface area contributed by atoms with Gasteiger partial charge in [0.2, 0.25) is 5.91 Å². The molecule has 0 saturated carbocycles. The lowest BCUT2D eigenvalue weighted by Gasteiger charge is -2.10. The predicted molar refractivity (Wildman–Crippen MR) is 124 cm³/mol. The van der Waals surface area contributed by atoms with Gasteiger partial charge in [-0.25, -0.2) is 4.79 Å². The van der Waals surface area contributed by atoms with Crippen LogP contribution < -0.4 is 5.32 Å². The Morgan fingerprint density at radius 2 is 1.71 bits per heavy atom. The van der Waals surface area contributed by atoms with Gasteiger partial charge in [0.15, 0.2) is 5.78 Å². The number of aryl methyl sites for hydroxylation is 2. The number of ether oxygens (including phenoxy) is 1. The van der Waals surface area contributed by atoms with Crippen LogP contribution in [0.5, 0.6) is 0 Å². The first kappa shape index (κ1) is 22.4. The molecular weight excluding hydrogens is 410 g/mol. The van der Waals surface area contributed by atoms with E-state index in [-0.39, 0.29) is 31.1 Å². The van der Waals surface area contributed by atoms with Crippen LogP contribution in [-0.4, -0.2) is 24.3 Å². The highest BCUT2D eigenvalue weighted by atomic mass is 32.1. The summed E-state index contributed by atoms with van der Waals surface area (Å²) < 4.78 is 5.24. The van der Waals surface area contributed by atoms with Crippen LogP contribution in [0.1, 0.15) is 51.6 Å². The molecule has 3 aromatic rings. The lowest BCUT2D eigenvalue weighted by atomic mass is 9.99. The van der Waals surface area contributed by atoms with Crippen LogP contribution in [0.4, 0.5) is 5.00 Å². The fourth-order valence-corrected chi connectivity index (χ4v) is 4.14. The smallest absolute Gasteiger partial charge is 0.341 e. The summed E-state index contributed by atoms with van der Waals surface area (Å²) in [5.41, 5.74) is 4.81. The van der Waals surface area contributed by atoms with Crippen LogP contribution in [-0.2, 0) is 9.53 Å². The van der Waals surface area contributed by atoms with E-state index in [1.165, 1.54) is 11.3 Å². The Hall–Kier alpha value is -3.25. The van der Waals surface area contributed by atoms with Crippen LogP contribution in [0.25, 0.3) is 11.1 Å². The Morgan fingerprint density at radius 1 is 0.968 bits per heavy atom. The number of esters is 1. The molecule has 1 aromatic heterocycles. The third-order valence-electron chi connectivity index (χ3n) is 5.02. The number of hydrogen-bond donors (Lipinski definition) is 1. The zero-order valence-electron chi connectivity index (χ0n) is 17.9. The number of rotatable bonds is 8. The van der Waals surface area contributed by atoms with Crippen LogP contribution in [0.2, 0.25) is 0 Å². The first-order chi connectivity index (χ1) is 14.9. The normalized spacial score (nSPS) is 10.5. The molecule has 0 aliphatic heterocycles. The summed E-state index contributed by atoms with van der Waals surface area (Å²) in [6.07, 6.45) is 0.132. The third-order valence-corrected chi connectivity index (χ3v) is 5.91. The van der Waals surface area contributed by atoms with Crippen LogP contribution in [0.15, 0.2) is 53.9 Å². The summed E-state index contributed by atoms with van der Waals surface area (Å²) in [4.78, 5) is 37.5. The fraction of sp³-hybridized carbons (Fsp3) is 0.240. The molecule has 3 rings (SSSR count). The molecule has 0 fully saturated rings. The van der Waals surface area contributed by atoms with Gasteiger partial charge in [0.05, 0.1) is 6.61 Å². The lowest BCUT2D eigenvalue weighted by Crippen LogP contribution is -2.15. The van der Waals surface area contributed by atoms with Crippen molar-refractivity contribution >= 4 is 34.0 Å². The zero-order chi connectivity index (χ0) is 22.4. The number of carbonyl (C=O) groups is 3. The van der Waals surface area contributed by atoms with E-state index < -0.39 is 5.97 Å². The van der Waals surface area contributed by atoms with E-state index in [2.05, 4.69) is 5.32 Å². The van der Waals surface area contributed by atoms with Crippen molar-refractivity contribution in [3.8, 4) is 11.1 Å².